The molecule has 4 rings (SSSR count). The highest BCUT2D eigenvalue weighted by molar-refractivity contribution is 7.04. The maximum Gasteiger partial charge on any atom is 0.223 e. The van der Waals surface area contributed by atoms with Gasteiger partial charge in [-0.25, -0.2) is 3.96 Å². The minimum absolute atomic E-state index is 0.0223. The quantitative estimate of drug-likeness (QED) is 0.613. The van der Waals surface area contributed by atoms with Crippen molar-refractivity contribution in [3.8, 4) is 17.1 Å². The first-order chi connectivity index (χ1) is 12.4. The van der Waals surface area contributed by atoms with Crippen molar-refractivity contribution in [1.82, 2.24) is 8.94 Å². The van der Waals surface area contributed by atoms with Crippen LogP contribution in [0.4, 0.5) is 0 Å². The Balaban J connectivity index is 1.98. The molecule has 0 saturated heterocycles. The van der Waals surface area contributed by atoms with Gasteiger partial charge in [-0.3, -0.25) is 4.99 Å². The first kappa shape index (κ1) is 15.7. The zero-order chi connectivity index (χ0) is 17.1. The summed E-state index contributed by atoms with van der Waals surface area (Å²) < 4.78 is 2.12. The van der Waals surface area contributed by atoms with Crippen LogP contribution in [0, 0.1) is 0 Å². The average Bonchev–Trinajstić information content (AvgIpc) is 3.10. The summed E-state index contributed by atoms with van der Waals surface area (Å²) in [5, 5.41) is 11.4. The van der Waals surface area contributed by atoms with E-state index in [2.05, 4.69) is 39.3 Å². The fourth-order valence-electron chi connectivity index (χ4n) is 2.81. The molecule has 0 atom stereocenters. The fraction of sp³-hybridized carbons (Fsp3) is 0.100. The molecule has 0 fully saturated rings. The number of rotatable bonds is 4. The molecule has 4 nitrogen and oxygen atoms in total. The molecule has 0 aliphatic rings. The van der Waals surface area contributed by atoms with Gasteiger partial charge < -0.3 is 5.11 Å². The van der Waals surface area contributed by atoms with Crippen molar-refractivity contribution < 1.29 is 5.11 Å². The summed E-state index contributed by atoms with van der Waals surface area (Å²) in [6, 6.07) is 24.7. The van der Waals surface area contributed by atoms with Crippen LogP contribution in [0.5, 0.6) is 0 Å². The smallest absolute Gasteiger partial charge is 0.223 e. The van der Waals surface area contributed by atoms with E-state index in [1.54, 1.807) is 0 Å². The summed E-state index contributed by atoms with van der Waals surface area (Å²) in [7, 11) is 0. The Hall–Kier alpha value is -2.76. The highest BCUT2D eigenvalue weighted by Gasteiger charge is 2.12. The van der Waals surface area contributed by atoms with E-state index >= 15 is 0 Å². The van der Waals surface area contributed by atoms with E-state index in [-0.39, 0.29) is 6.61 Å². The second kappa shape index (κ2) is 7.01. The van der Waals surface area contributed by atoms with Gasteiger partial charge in [0.1, 0.15) is 0 Å². The van der Waals surface area contributed by atoms with Gasteiger partial charge >= 0.3 is 0 Å². The predicted octanol–water partition coefficient (Wildman–Crippen LogP) is 3.65. The normalized spacial score (nSPS) is 12.0. The molecule has 0 amide bonds. The monoisotopic (exact) mass is 347 g/mol. The van der Waals surface area contributed by atoms with Gasteiger partial charge in [-0.15, -0.1) is 0 Å². The minimum Gasteiger partial charge on any atom is -0.394 e. The highest BCUT2D eigenvalue weighted by Crippen LogP contribution is 2.27. The van der Waals surface area contributed by atoms with E-state index in [4.69, 9.17) is 10.1 Å². The van der Waals surface area contributed by atoms with Crippen molar-refractivity contribution >= 4 is 22.3 Å². The topological polar surface area (TPSA) is 50.4 Å². The second-order valence-corrected chi connectivity index (χ2v) is 6.49. The molecule has 1 aromatic heterocycles. The summed E-state index contributed by atoms with van der Waals surface area (Å²) in [5.41, 5.74) is 2.12. The molecule has 0 spiro atoms. The molecule has 1 N–H and O–H groups in total. The average molecular weight is 347 g/mol. The van der Waals surface area contributed by atoms with Crippen molar-refractivity contribution in [2.24, 2.45) is 4.99 Å². The molecular formula is C20H17N3OS. The number of nitrogens with zero attached hydrogens (tertiary/aromatic N) is 3. The Morgan fingerprint density at radius 1 is 0.920 bits per heavy atom. The van der Waals surface area contributed by atoms with E-state index in [1.807, 2.05) is 42.5 Å². The van der Waals surface area contributed by atoms with Gasteiger partial charge in [0.25, 0.3) is 0 Å². The molecular weight excluding hydrogens is 330 g/mol. The van der Waals surface area contributed by atoms with Crippen LogP contribution in [0.3, 0.4) is 0 Å². The van der Waals surface area contributed by atoms with Crippen molar-refractivity contribution in [3.63, 3.8) is 0 Å². The lowest BCUT2D eigenvalue weighted by Crippen LogP contribution is -2.01. The molecule has 0 aliphatic carbocycles. The molecule has 0 unspecified atom stereocenters. The van der Waals surface area contributed by atoms with Gasteiger partial charge in [-0.1, -0.05) is 66.7 Å². The molecule has 3 aromatic carbocycles. The zero-order valence-corrected chi connectivity index (χ0v) is 14.4. The van der Waals surface area contributed by atoms with Gasteiger partial charge in [0.05, 0.1) is 18.8 Å². The second-order valence-electron chi connectivity index (χ2n) is 5.57. The number of fused-ring (bicyclic) bond motifs is 1. The maximum absolute atomic E-state index is 9.06. The van der Waals surface area contributed by atoms with Crippen LogP contribution in [0.15, 0.2) is 77.8 Å². The molecule has 4 aromatic rings. The third-order valence-electron chi connectivity index (χ3n) is 3.93. The van der Waals surface area contributed by atoms with Crippen LogP contribution in [0.25, 0.3) is 27.8 Å². The van der Waals surface area contributed by atoms with E-state index < -0.39 is 0 Å². The number of aliphatic hydroxyl groups is 1. The van der Waals surface area contributed by atoms with E-state index in [0.29, 0.717) is 11.3 Å². The molecule has 5 heteroatoms. The van der Waals surface area contributed by atoms with Crippen LogP contribution in [-0.2, 0) is 0 Å². The van der Waals surface area contributed by atoms with Crippen LogP contribution < -0.4 is 4.80 Å². The third kappa shape index (κ3) is 3.12. The highest BCUT2D eigenvalue weighted by atomic mass is 32.1. The molecule has 0 aliphatic heterocycles. The van der Waals surface area contributed by atoms with E-state index in [0.717, 1.165) is 17.1 Å². The van der Waals surface area contributed by atoms with Crippen LogP contribution in [0.1, 0.15) is 0 Å². The number of aliphatic hydroxyl groups excluding tert-OH is 1. The Bertz CT molecular complexity index is 1060. The van der Waals surface area contributed by atoms with Gasteiger partial charge in [0.2, 0.25) is 4.80 Å². The number of benzene rings is 3. The number of hydrogen-bond acceptors (Lipinski definition) is 4. The fourth-order valence-corrected chi connectivity index (χ4v) is 3.74. The first-order valence-corrected chi connectivity index (χ1v) is 8.89. The Kier molecular flexibility index (Phi) is 4.41. The molecule has 0 bridgehead atoms. The van der Waals surface area contributed by atoms with Crippen molar-refractivity contribution in [3.05, 3.63) is 77.6 Å². The Morgan fingerprint density at radius 2 is 1.68 bits per heavy atom. The van der Waals surface area contributed by atoms with Crippen molar-refractivity contribution in [1.29, 1.82) is 0 Å². The van der Waals surface area contributed by atoms with Gasteiger partial charge in [-0.2, -0.15) is 4.98 Å². The number of hydrogen-bond donors (Lipinski definition) is 1. The molecule has 1 heterocycles. The van der Waals surface area contributed by atoms with E-state index in [9.17, 15) is 0 Å². The summed E-state index contributed by atoms with van der Waals surface area (Å²) in [5.74, 6) is 0.860. The molecule has 0 saturated carbocycles. The van der Waals surface area contributed by atoms with Crippen molar-refractivity contribution in [2.75, 3.05) is 13.2 Å². The SMILES string of the molecule is OCC/N=c1/nc(-c2ccccc2)n(-c2cccc3ccccc23)s1. The van der Waals surface area contributed by atoms with E-state index in [1.165, 1.54) is 22.3 Å². The van der Waals surface area contributed by atoms with Gasteiger partial charge in [0.15, 0.2) is 5.82 Å². The Labute approximate surface area is 149 Å². The zero-order valence-electron chi connectivity index (χ0n) is 13.5. The minimum atomic E-state index is 0.0223. The van der Waals surface area contributed by atoms with Crippen molar-refractivity contribution in [2.45, 2.75) is 0 Å². The third-order valence-corrected chi connectivity index (χ3v) is 4.87. The lowest BCUT2D eigenvalue weighted by atomic mass is 10.1. The molecule has 0 radical (unpaired) electrons. The summed E-state index contributed by atoms with van der Waals surface area (Å²) >= 11 is 1.49. The summed E-state index contributed by atoms with van der Waals surface area (Å²) in [4.78, 5) is 9.75. The van der Waals surface area contributed by atoms with Crippen LogP contribution in [-0.4, -0.2) is 27.2 Å². The van der Waals surface area contributed by atoms with Gasteiger partial charge in [-0.05, 0) is 23.0 Å². The van der Waals surface area contributed by atoms with Crippen LogP contribution in [0.2, 0.25) is 0 Å². The largest absolute Gasteiger partial charge is 0.394 e. The Morgan fingerprint density at radius 3 is 2.52 bits per heavy atom. The standard InChI is InChI=1S/C20H17N3OS/c24-14-13-21-20-22-19(16-8-2-1-3-9-16)23(25-20)18-12-6-10-15-7-4-5-11-17(15)18/h1-12,24H,13-14H2/b21-20-. The maximum atomic E-state index is 9.06. The first-order valence-electron chi connectivity index (χ1n) is 8.12. The van der Waals surface area contributed by atoms with Crippen LogP contribution >= 0.6 is 11.5 Å². The summed E-state index contributed by atoms with van der Waals surface area (Å²) in [6.07, 6.45) is 0. The van der Waals surface area contributed by atoms with Gasteiger partial charge in [0, 0.05) is 10.9 Å². The number of aromatic nitrogens is 2. The lowest BCUT2D eigenvalue weighted by molar-refractivity contribution is 0.305. The molecule has 25 heavy (non-hydrogen) atoms. The molecule has 124 valence electrons. The predicted molar refractivity (Wildman–Crippen MR) is 102 cm³/mol. The lowest BCUT2D eigenvalue weighted by Gasteiger charge is -2.09. The summed E-state index contributed by atoms with van der Waals surface area (Å²) in [6.45, 7) is 0.381.